The highest BCUT2D eigenvalue weighted by atomic mass is 35.5. The van der Waals surface area contributed by atoms with Crippen LogP contribution in [0.5, 0.6) is 0 Å². The largest absolute Gasteiger partial charge is 0.332 e. The van der Waals surface area contributed by atoms with Crippen molar-refractivity contribution in [2.45, 2.75) is 53.5 Å². The number of nitrogens with zero attached hydrogens (tertiary/aromatic N) is 3. The van der Waals surface area contributed by atoms with Gasteiger partial charge in [-0.15, -0.1) is 0 Å². The average Bonchev–Trinajstić information content (AvgIpc) is 2.57. The van der Waals surface area contributed by atoms with E-state index in [0.29, 0.717) is 28.3 Å². The smallest absolute Gasteiger partial charge is 0.261 e. The first kappa shape index (κ1) is 20.4. The first-order valence-electron chi connectivity index (χ1n) is 9.05. The van der Waals surface area contributed by atoms with Gasteiger partial charge < -0.3 is 4.90 Å². The van der Waals surface area contributed by atoms with Crippen LogP contribution in [0.15, 0.2) is 23.0 Å². The number of carbonyl (C=O) groups is 1. The van der Waals surface area contributed by atoms with Crippen molar-refractivity contribution >= 4 is 28.4 Å². The van der Waals surface area contributed by atoms with Crippen molar-refractivity contribution in [3.05, 3.63) is 39.4 Å². The highest BCUT2D eigenvalue weighted by Crippen LogP contribution is 2.27. The first-order valence-corrected chi connectivity index (χ1v) is 9.43. The third kappa shape index (κ3) is 4.09. The molecule has 2 rings (SSSR count). The number of benzene rings is 1. The van der Waals surface area contributed by atoms with Crippen LogP contribution in [0.25, 0.3) is 10.9 Å². The lowest BCUT2D eigenvalue weighted by atomic mass is 9.93. The second-order valence-electron chi connectivity index (χ2n) is 7.77. The number of unbranched alkanes of at least 4 members (excludes halogenated alkanes) is 1. The highest BCUT2D eigenvalue weighted by Gasteiger charge is 2.32. The zero-order chi connectivity index (χ0) is 19.6. The maximum Gasteiger partial charge on any atom is 0.261 e. The van der Waals surface area contributed by atoms with Gasteiger partial charge in [0, 0.05) is 24.0 Å². The lowest BCUT2D eigenvalue weighted by Crippen LogP contribution is -2.43. The Bertz CT molecular complexity index is 868. The fraction of sp³-hybridized carbons (Fsp3) is 0.550. The SMILES string of the molecule is CCCCN(C(=O)C(C)(C)C)C(C)c1nc2ccc(Cl)cc2c(=O)n1C. The van der Waals surface area contributed by atoms with Gasteiger partial charge in [0.25, 0.3) is 5.56 Å². The fourth-order valence-electron chi connectivity index (χ4n) is 3.00. The second kappa shape index (κ2) is 7.78. The van der Waals surface area contributed by atoms with Gasteiger partial charge in [-0.2, -0.15) is 0 Å². The van der Waals surface area contributed by atoms with Crippen molar-refractivity contribution in [3.63, 3.8) is 0 Å². The molecule has 142 valence electrons. The van der Waals surface area contributed by atoms with Gasteiger partial charge in [0.2, 0.25) is 5.91 Å². The predicted octanol–water partition coefficient (Wildman–Crippen LogP) is 4.32. The predicted molar refractivity (Wildman–Crippen MR) is 106 cm³/mol. The van der Waals surface area contributed by atoms with Crippen molar-refractivity contribution in [1.29, 1.82) is 0 Å². The van der Waals surface area contributed by atoms with Crippen LogP contribution in [0.1, 0.15) is 59.3 Å². The molecule has 0 aliphatic rings. The monoisotopic (exact) mass is 377 g/mol. The number of halogens is 1. The Morgan fingerprint density at radius 3 is 2.58 bits per heavy atom. The quantitative estimate of drug-likeness (QED) is 0.779. The second-order valence-corrected chi connectivity index (χ2v) is 8.21. The molecule has 1 amide bonds. The zero-order valence-corrected chi connectivity index (χ0v) is 17.2. The van der Waals surface area contributed by atoms with E-state index < -0.39 is 5.41 Å². The minimum Gasteiger partial charge on any atom is -0.332 e. The number of carbonyl (C=O) groups excluding carboxylic acids is 1. The van der Waals surface area contributed by atoms with Gasteiger partial charge in [0.15, 0.2) is 0 Å². The Morgan fingerprint density at radius 1 is 1.35 bits per heavy atom. The normalized spacial score (nSPS) is 13.0. The summed E-state index contributed by atoms with van der Waals surface area (Å²) in [4.78, 5) is 32.3. The molecule has 1 aromatic carbocycles. The van der Waals surface area contributed by atoms with Gasteiger partial charge in [0.1, 0.15) is 5.82 Å². The Hall–Kier alpha value is -1.88. The zero-order valence-electron chi connectivity index (χ0n) is 16.5. The molecule has 0 bridgehead atoms. The molecule has 1 atom stereocenters. The number of aromatic nitrogens is 2. The van der Waals surface area contributed by atoms with Crippen molar-refractivity contribution in [2.24, 2.45) is 12.5 Å². The minimum atomic E-state index is -0.495. The number of hydrogen-bond donors (Lipinski definition) is 0. The molecule has 0 saturated heterocycles. The van der Waals surface area contributed by atoms with Crippen LogP contribution in [-0.2, 0) is 11.8 Å². The van der Waals surface area contributed by atoms with Gasteiger partial charge in [-0.25, -0.2) is 4.98 Å². The Labute approximate surface area is 160 Å². The molecule has 6 heteroatoms. The van der Waals surface area contributed by atoms with Crippen molar-refractivity contribution in [3.8, 4) is 0 Å². The van der Waals surface area contributed by atoms with Crippen LogP contribution in [0.2, 0.25) is 5.02 Å². The van der Waals surface area contributed by atoms with E-state index >= 15 is 0 Å². The van der Waals surface area contributed by atoms with Gasteiger partial charge in [-0.1, -0.05) is 45.7 Å². The summed E-state index contributed by atoms with van der Waals surface area (Å²) in [6.07, 6.45) is 1.90. The van der Waals surface area contributed by atoms with Crippen molar-refractivity contribution < 1.29 is 4.79 Å². The number of rotatable bonds is 5. The lowest BCUT2D eigenvalue weighted by Gasteiger charge is -2.34. The van der Waals surface area contributed by atoms with Crippen LogP contribution < -0.4 is 5.56 Å². The maximum atomic E-state index is 13.0. The van der Waals surface area contributed by atoms with E-state index in [4.69, 9.17) is 11.6 Å². The molecule has 0 N–H and O–H groups in total. The standard InChI is InChI=1S/C20H28ClN3O2/c1-7-8-11-24(19(26)20(3,4)5)13(2)17-22-16-10-9-14(21)12-15(16)18(25)23(17)6/h9-10,12-13H,7-8,11H2,1-6H3. The highest BCUT2D eigenvalue weighted by molar-refractivity contribution is 6.31. The van der Waals surface area contributed by atoms with Crippen LogP contribution in [0.3, 0.4) is 0 Å². The van der Waals surface area contributed by atoms with Crippen LogP contribution >= 0.6 is 11.6 Å². The third-order valence-corrected chi connectivity index (χ3v) is 4.80. The molecule has 0 aliphatic carbocycles. The summed E-state index contributed by atoms with van der Waals surface area (Å²) < 4.78 is 1.53. The summed E-state index contributed by atoms with van der Waals surface area (Å²) in [6.45, 7) is 10.4. The molecule has 26 heavy (non-hydrogen) atoms. The minimum absolute atomic E-state index is 0.0592. The number of fused-ring (bicyclic) bond motifs is 1. The molecule has 1 heterocycles. The van der Waals surface area contributed by atoms with Crippen molar-refractivity contribution in [2.75, 3.05) is 6.54 Å². The van der Waals surface area contributed by atoms with Crippen LogP contribution in [0.4, 0.5) is 0 Å². The molecule has 5 nitrogen and oxygen atoms in total. The summed E-state index contributed by atoms with van der Waals surface area (Å²) in [7, 11) is 1.70. The topological polar surface area (TPSA) is 55.2 Å². The average molecular weight is 378 g/mol. The van der Waals surface area contributed by atoms with Gasteiger partial charge in [0.05, 0.1) is 16.9 Å². The summed E-state index contributed by atoms with van der Waals surface area (Å²) in [6, 6.07) is 4.80. The van der Waals surface area contributed by atoms with E-state index in [9.17, 15) is 9.59 Å². The molecule has 0 fully saturated rings. The molecule has 0 radical (unpaired) electrons. The Balaban J connectivity index is 2.56. The lowest BCUT2D eigenvalue weighted by molar-refractivity contribution is -0.142. The summed E-state index contributed by atoms with van der Waals surface area (Å²) >= 11 is 6.02. The molecule has 0 aliphatic heterocycles. The molecule has 0 spiro atoms. The summed E-state index contributed by atoms with van der Waals surface area (Å²) in [5.74, 6) is 0.641. The van der Waals surface area contributed by atoms with Gasteiger partial charge >= 0.3 is 0 Å². The Morgan fingerprint density at radius 2 is 2.00 bits per heavy atom. The van der Waals surface area contributed by atoms with Crippen LogP contribution in [-0.4, -0.2) is 26.9 Å². The maximum absolute atomic E-state index is 13.0. The van der Waals surface area contributed by atoms with E-state index in [-0.39, 0.29) is 17.5 Å². The number of hydrogen-bond acceptors (Lipinski definition) is 3. The third-order valence-electron chi connectivity index (χ3n) is 4.57. The van der Waals surface area contributed by atoms with E-state index in [2.05, 4.69) is 11.9 Å². The molecule has 0 saturated carbocycles. The van der Waals surface area contributed by atoms with Crippen LogP contribution in [0, 0.1) is 5.41 Å². The van der Waals surface area contributed by atoms with E-state index in [1.165, 1.54) is 4.57 Å². The molecule has 1 unspecified atom stereocenters. The Kier molecular flexibility index (Phi) is 6.12. The fourth-order valence-corrected chi connectivity index (χ4v) is 3.18. The summed E-state index contributed by atoms with van der Waals surface area (Å²) in [5.41, 5.74) is -0.0541. The molecule has 1 aromatic heterocycles. The van der Waals surface area contributed by atoms with Gasteiger partial charge in [-0.05, 0) is 31.5 Å². The first-order chi connectivity index (χ1) is 12.1. The van der Waals surface area contributed by atoms with Gasteiger partial charge in [-0.3, -0.25) is 14.2 Å². The summed E-state index contributed by atoms with van der Waals surface area (Å²) in [5, 5.41) is 0.989. The van der Waals surface area contributed by atoms with E-state index in [1.807, 2.05) is 32.6 Å². The molecular weight excluding hydrogens is 350 g/mol. The number of amides is 1. The van der Waals surface area contributed by atoms with E-state index in [1.54, 1.807) is 25.2 Å². The van der Waals surface area contributed by atoms with Crippen molar-refractivity contribution in [1.82, 2.24) is 14.5 Å². The molecule has 2 aromatic rings. The van der Waals surface area contributed by atoms with E-state index in [0.717, 1.165) is 12.8 Å². The molecular formula is C20H28ClN3O2.